The fraction of sp³-hybridized carbons (Fsp3) is 0.304. The van der Waals surface area contributed by atoms with Crippen LogP contribution in [-0.2, 0) is 16.0 Å². The van der Waals surface area contributed by atoms with E-state index in [0.717, 1.165) is 48.1 Å². The highest BCUT2D eigenvalue weighted by molar-refractivity contribution is 7.13. The number of benzene rings is 2. The van der Waals surface area contributed by atoms with Gasteiger partial charge in [0.25, 0.3) is 0 Å². The summed E-state index contributed by atoms with van der Waals surface area (Å²) >= 11 is 1.57. The van der Waals surface area contributed by atoms with Gasteiger partial charge in [0.15, 0.2) is 0 Å². The second-order valence-electron chi connectivity index (χ2n) is 7.17. The number of carbonyl (C=O) groups is 1. The predicted molar refractivity (Wildman–Crippen MR) is 117 cm³/mol. The highest BCUT2D eigenvalue weighted by Gasteiger charge is 2.14. The molecule has 1 aromatic heterocycles. The van der Waals surface area contributed by atoms with Crippen LogP contribution in [0.15, 0.2) is 60.0 Å². The molecule has 1 aliphatic heterocycles. The van der Waals surface area contributed by atoms with E-state index in [4.69, 9.17) is 4.74 Å². The van der Waals surface area contributed by atoms with E-state index in [1.807, 2.05) is 42.6 Å². The molecule has 0 radical (unpaired) electrons. The Morgan fingerprint density at radius 2 is 1.86 bits per heavy atom. The number of rotatable bonds is 6. The van der Waals surface area contributed by atoms with Crippen LogP contribution in [-0.4, -0.2) is 37.2 Å². The van der Waals surface area contributed by atoms with Crippen molar-refractivity contribution in [3.63, 3.8) is 0 Å². The quantitative estimate of drug-likeness (QED) is 0.669. The van der Waals surface area contributed by atoms with E-state index in [-0.39, 0.29) is 11.9 Å². The largest absolute Gasteiger partial charge is 0.378 e. The minimum absolute atomic E-state index is 0.0142. The number of morpholine rings is 1. The number of nitrogens with one attached hydrogen (secondary N) is 1. The average molecular weight is 408 g/mol. The normalized spacial score (nSPS) is 15.1. The zero-order valence-electron chi connectivity index (χ0n) is 16.5. The van der Waals surface area contributed by atoms with E-state index in [0.29, 0.717) is 6.42 Å². The molecule has 1 amide bonds. The lowest BCUT2D eigenvalue weighted by Crippen LogP contribution is -2.36. The third kappa shape index (κ3) is 5.02. The predicted octanol–water partition coefficient (Wildman–Crippen LogP) is 4.07. The van der Waals surface area contributed by atoms with Crippen LogP contribution < -0.4 is 10.2 Å². The molecule has 3 aromatic rings. The summed E-state index contributed by atoms with van der Waals surface area (Å²) in [7, 11) is 0. The highest BCUT2D eigenvalue weighted by Crippen LogP contribution is 2.24. The van der Waals surface area contributed by atoms with Gasteiger partial charge in [-0.15, -0.1) is 11.3 Å². The summed E-state index contributed by atoms with van der Waals surface area (Å²) < 4.78 is 5.41. The smallest absolute Gasteiger partial charge is 0.226 e. The molecule has 6 heteroatoms. The van der Waals surface area contributed by atoms with Crippen molar-refractivity contribution < 1.29 is 9.53 Å². The van der Waals surface area contributed by atoms with Crippen molar-refractivity contribution in [2.75, 3.05) is 31.2 Å². The molecule has 0 bridgehead atoms. The van der Waals surface area contributed by atoms with Crippen molar-refractivity contribution >= 4 is 22.9 Å². The number of thiazole rings is 1. The number of amides is 1. The Balaban J connectivity index is 1.33. The van der Waals surface area contributed by atoms with Crippen molar-refractivity contribution in [3.8, 4) is 10.6 Å². The van der Waals surface area contributed by atoms with Gasteiger partial charge in [-0.05, 0) is 24.6 Å². The summed E-state index contributed by atoms with van der Waals surface area (Å²) in [6, 6.07) is 18.4. The van der Waals surface area contributed by atoms with Crippen LogP contribution >= 0.6 is 11.3 Å². The topological polar surface area (TPSA) is 54.5 Å². The van der Waals surface area contributed by atoms with Gasteiger partial charge in [-0.2, -0.15) is 0 Å². The van der Waals surface area contributed by atoms with E-state index in [1.165, 1.54) is 5.69 Å². The monoisotopic (exact) mass is 407 g/mol. The summed E-state index contributed by atoms with van der Waals surface area (Å²) in [5.74, 6) is -0.0142. The van der Waals surface area contributed by atoms with Gasteiger partial charge >= 0.3 is 0 Å². The molecule has 1 saturated heterocycles. The lowest BCUT2D eigenvalue weighted by molar-refractivity contribution is -0.121. The number of carbonyl (C=O) groups excluding carboxylic acids is 1. The maximum atomic E-state index is 12.5. The van der Waals surface area contributed by atoms with Crippen molar-refractivity contribution in [2.24, 2.45) is 0 Å². The van der Waals surface area contributed by atoms with E-state index >= 15 is 0 Å². The zero-order chi connectivity index (χ0) is 20.1. The SMILES string of the molecule is CC(NC(=O)Cc1csc(-c2ccccc2)n1)c1ccc(N2CCOCC2)cc1. The van der Waals surface area contributed by atoms with Crippen molar-refractivity contribution in [1.82, 2.24) is 10.3 Å². The lowest BCUT2D eigenvalue weighted by Gasteiger charge is -2.29. The Morgan fingerprint density at radius 3 is 2.59 bits per heavy atom. The van der Waals surface area contributed by atoms with E-state index in [9.17, 15) is 4.79 Å². The second-order valence-corrected chi connectivity index (χ2v) is 8.03. The Labute approximate surface area is 175 Å². The maximum absolute atomic E-state index is 12.5. The van der Waals surface area contributed by atoms with Gasteiger partial charge in [0, 0.05) is 29.7 Å². The molecule has 1 atom stereocenters. The number of ether oxygens (including phenoxy) is 1. The Kier molecular flexibility index (Phi) is 6.22. The van der Waals surface area contributed by atoms with Crippen LogP contribution in [0.25, 0.3) is 10.6 Å². The summed E-state index contributed by atoms with van der Waals surface area (Å²) in [5.41, 5.74) is 4.18. The number of hydrogen-bond acceptors (Lipinski definition) is 5. The van der Waals surface area contributed by atoms with Crippen LogP contribution in [0.4, 0.5) is 5.69 Å². The Hall–Kier alpha value is -2.70. The van der Waals surface area contributed by atoms with Crippen LogP contribution in [0.5, 0.6) is 0 Å². The number of nitrogens with zero attached hydrogens (tertiary/aromatic N) is 2. The summed E-state index contributed by atoms with van der Waals surface area (Å²) in [6.45, 7) is 5.40. The fourth-order valence-corrected chi connectivity index (χ4v) is 4.26. The van der Waals surface area contributed by atoms with E-state index in [2.05, 4.69) is 39.5 Å². The number of hydrogen-bond donors (Lipinski definition) is 1. The van der Waals surface area contributed by atoms with Gasteiger partial charge in [0.1, 0.15) is 5.01 Å². The molecular formula is C23H25N3O2S. The van der Waals surface area contributed by atoms with Crippen LogP contribution in [0.1, 0.15) is 24.2 Å². The summed E-state index contributed by atoms with van der Waals surface area (Å²) in [5, 5.41) is 5.99. The molecule has 4 rings (SSSR count). The van der Waals surface area contributed by atoms with Crippen molar-refractivity contribution in [2.45, 2.75) is 19.4 Å². The number of aromatic nitrogens is 1. The van der Waals surface area contributed by atoms with E-state index < -0.39 is 0 Å². The standard InChI is InChI=1S/C23H25N3O2S/c1-17(18-7-9-21(10-8-18)26-11-13-28-14-12-26)24-22(27)15-20-16-29-23(25-20)19-5-3-2-4-6-19/h2-10,16-17H,11-15H2,1H3,(H,24,27). The molecule has 2 heterocycles. The zero-order valence-corrected chi connectivity index (χ0v) is 17.3. The van der Waals surface area contributed by atoms with Crippen LogP contribution in [0.3, 0.4) is 0 Å². The molecule has 150 valence electrons. The molecular weight excluding hydrogens is 382 g/mol. The molecule has 0 spiro atoms. The summed E-state index contributed by atoms with van der Waals surface area (Å²) in [6.07, 6.45) is 0.291. The number of anilines is 1. The van der Waals surface area contributed by atoms with Crippen LogP contribution in [0, 0.1) is 0 Å². The lowest BCUT2D eigenvalue weighted by atomic mass is 10.1. The van der Waals surface area contributed by atoms with Crippen LogP contribution in [0.2, 0.25) is 0 Å². The highest BCUT2D eigenvalue weighted by atomic mass is 32.1. The second kappa shape index (κ2) is 9.20. The molecule has 0 saturated carbocycles. The third-order valence-electron chi connectivity index (χ3n) is 5.06. The van der Waals surface area contributed by atoms with Gasteiger partial charge in [-0.3, -0.25) is 4.79 Å². The van der Waals surface area contributed by atoms with Gasteiger partial charge in [0.05, 0.1) is 31.4 Å². The van der Waals surface area contributed by atoms with Gasteiger partial charge in [-0.25, -0.2) is 4.98 Å². The third-order valence-corrected chi connectivity index (χ3v) is 6.00. The molecule has 1 N–H and O–H groups in total. The van der Waals surface area contributed by atoms with Gasteiger partial charge < -0.3 is 15.0 Å². The van der Waals surface area contributed by atoms with Crippen molar-refractivity contribution in [3.05, 3.63) is 71.2 Å². The first-order valence-corrected chi connectivity index (χ1v) is 10.8. The first kappa shape index (κ1) is 19.6. The minimum Gasteiger partial charge on any atom is -0.378 e. The molecule has 29 heavy (non-hydrogen) atoms. The van der Waals surface area contributed by atoms with Gasteiger partial charge in [-0.1, -0.05) is 42.5 Å². The maximum Gasteiger partial charge on any atom is 0.226 e. The van der Waals surface area contributed by atoms with E-state index in [1.54, 1.807) is 11.3 Å². The fourth-order valence-electron chi connectivity index (χ4n) is 3.44. The summed E-state index contributed by atoms with van der Waals surface area (Å²) in [4.78, 5) is 19.4. The molecule has 0 aliphatic carbocycles. The Bertz CT molecular complexity index is 934. The average Bonchev–Trinajstić information content (AvgIpc) is 3.23. The molecule has 2 aromatic carbocycles. The Morgan fingerprint density at radius 1 is 1.14 bits per heavy atom. The molecule has 5 nitrogen and oxygen atoms in total. The first-order chi connectivity index (χ1) is 14.2. The molecule has 1 fully saturated rings. The van der Waals surface area contributed by atoms with Gasteiger partial charge in [0.2, 0.25) is 5.91 Å². The molecule has 1 unspecified atom stereocenters. The minimum atomic E-state index is -0.0477. The van der Waals surface area contributed by atoms with Crippen molar-refractivity contribution in [1.29, 1.82) is 0 Å². The first-order valence-electron chi connectivity index (χ1n) is 9.91. The molecule has 1 aliphatic rings.